The standard InChI is InChI=1S/C21H20ClN7/c1-12-18(13(2)28(27-12)11-14-7-3-4-8-15(14)22)19-25-20(23)26-21-24-16-9-5-6-10-17(16)29(19)21/h3-10,19H,11H2,1-2H3,(H3,23,24,25,26). The molecule has 5 rings (SSSR count). The highest BCUT2D eigenvalue weighted by Gasteiger charge is 2.29. The number of aliphatic imine (C=N–C) groups is 1. The van der Waals surface area contributed by atoms with Gasteiger partial charge in [0, 0.05) is 16.3 Å². The van der Waals surface area contributed by atoms with Crippen LogP contribution in [0.3, 0.4) is 0 Å². The molecule has 146 valence electrons. The van der Waals surface area contributed by atoms with Crippen molar-refractivity contribution < 1.29 is 0 Å². The molecule has 1 aliphatic heterocycles. The van der Waals surface area contributed by atoms with Crippen LogP contribution in [0.15, 0.2) is 53.5 Å². The number of nitrogens with two attached hydrogens (primary N) is 1. The quantitative estimate of drug-likeness (QED) is 0.542. The number of hydrogen-bond acceptors (Lipinski definition) is 5. The second kappa shape index (κ2) is 6.63. The largest absolute Gasteiger partial charge is 0.370 e. The van der Waals surface area contributed by atoms with E-state index in [9.17, 15) is 0 Å². The number of nitrogens with one attached hydrogen (secondary N) is 1. The summed E-state index contributed by atoms with van der Waals surface area (Å²) in [7, 11) is 0. The summed E-state index contributed by atoms with van der Waals surface area (Å²) in [6.45, 7) is 4.64. The fourth-order valence-corrected chi connectivity index (χ4v) is 4.13. The molecule has 3 heterocycles. The highest BCUT2D eigenvalue weighted by Crippen LogP contribution is 2.35. The number of anilines is 1. The minimum Gasteiger partial charge on any atom is -0.370 e. The van der Waals surface area contributed by atoms with Crippen molar-refractivity contribution in [3.8, 4) is 0 Å². The van der Waals surface area contributed by atoms with E-state index < -0.39 is 0 Å². The van der Waals surface area contributed by atoms with E-state index in [2.05, 4.69) is 21.8 Å². The predicted molar refractivity (Wildman–Crippen MR) is 115 cm³/mol. The van der Waals surface area contributed by atoms with Crippen LogP contribution in [-0.2, 0) is 6.54 Å². The number of aromatic nitrogens is 4. The molecule has 0 aliphatic carbocycles. The second-order valence-corrected chi connectivity index (χ2v) is 7.55. The molecule has 3 N–H and O–H groups in total. The number of halogens is 1. The van der Waals surface area contributed by atoms with Gasteiger partial charge < -0.3 is 5.73 Å². The Morgan fingerprint density at radius 2 is 1.86 bits per heavy atom. The first-order valence-corrected chi connectivity index (χ1v) is 9.75. The summed E-state index contributed by atoms with van der Waals surface area (Å²) in [6, 6.07) is 15.8. The predicted octanol–water partition coefficient (Wildman–Crippen LogP) is 3.84. The van der Waals surface area contributed by atoms with Gasteiger partial charge in [-0.05, 0) is 37.6 Å². The van der Waals surface area contributed by atoms with Crippen molar-refractivity contribution in [3.05, 3.63) is 76.1 Å². The van der Waals surface area contributed by atoms with Gasteiger partial charge in [-0.1, -0.05) is 41.9 Å². The summed E-state index contributed by atoms with van der Waals surface area (Å²) in [5, 5.41) is 8.59. The van der Waals surface area contributed by atoms with Crippen LogP contribution in [0.4, 0.5) is 5.95 Å². The second-order valence-electron chi connectivity index (χ2n) is 7.14. The van der Waals surface area contributed by atoms with E-state index in [1.54, 1.807) is 0 Å². The topological polar surface area (TPSA) is 86.1 Å². The molecular formula is C21H20ClN7. The lowest BCUT2D eigenvalue weighted by molar-refractivity contribution is 0.613. The Balaban J connectivity index is 1.64. The van der Waals surface area contributed by atoms with Gasteiger partial charge in [0.25, 0.3) is 0 Å². The van der Waals surface area contributed by atoms with Crippen molar-refractivity contribution >= 4 is 34.5 Å². The summed E-state index contributed by atoms with van der Waals surface area (Å²) < 4.78 is 4.04. The van der Waals surface area contributed by atoms with E-state index >= 15 is 0 Å². The molecule has 1 unspecified atom stereocenters. The molecule has 2 aromatic heterocycles. The normalized spacial score (nSPS) is 15.8. The average molecular weight is 406 g/mol. The average Bonchev–Trinajstić information content (AvgIpc) is 3.19. The number of benzene rings is 2. The molecule has 7 nitrogen and oxygen atoms in total. The number of fused-ring (bicyclic) bond motifs is 3. The number of aryl methyl sites for hydroxylation is 1. The first-order valence-electron chi connectivity index (χ1n) is 9.37. The Morgan fingerprint density at radius 3 is 2.69 bits per heavy atom. The molecule has 0 bridgehead atoms. The van der Waals surface area contributed by atoms with Crippen LogP contribution in [0, 0.1) is 13.8 Å². The van der Waals surface area contributed by atoms with Crippen molar-refractivity contribution in [2.24, 2.45) is 10.7 Å². The lowest BCUT2D eigenvalue weighted by Gasteiger charge is -2.24. The van der Waals surface area contributed by atoms with Gasteiger partial charge in [0.05, 0.1) is 23.3 Å². The van der Waals surface area contributed by atoms with E-state index in [1.165, 1.54) is 0 Å². The Kier molecular flexibility index (Phi) is 4.06. The van der Waals surface area contributed by atoms with Gasteiger partial charge in [-0.2, -0.15) is 5.10 Å². The molecule has 1 atom stereocenters. The van der Waals surface area contributed by atoms with Gasteiger partial charge in [-0.3, -0.25) is 14.6 Å². The van der Waals surface area contributed by atoms with Gasteiger partial charge in [-0.25, -0.2) is 9.98 Å². The van der Waals surface area contributed by atoms with Gasteiger partial charge in [-0.15, -0.1) is 0 Å². The van der Waals surface area contributed by atoms with E-state index in [0.29, 0.717) is 18.5 Å². The molecule has 0 saturated carbocycles. The molecule has 8 heteroatoms. The molecule has 29 heavy (non-hydrogen) atoms. The minimum atomic E-state index is -0.335. The molecular weight excluding hydrogens is 386 g/mol. The third-order valence-electron chi connectivity index (χ3n) is 5.32. The third kappa shape index (κ3) is 2.86. The highest BCUT2D eigenvalue weighted by atomic mass is 35.5. The molecule has 0 fully saturated rings. The van der Waals surface area contributed by atoms with Crippen molar-refractivity contribution in [2.45, 2.75) is 26.6 Å². The molecule has 1 aliphatic rings. The minimum absolute atomic E-state index is 0.335. The Labute approximate surface area is 172 Å². The zero-order chi connectivity index (χ0) is 20.1. The maximum atomic E-state index is 6.36. The highest BCUT2D eigenvalue weighted by molar-refractivity contribution is 6.31. The van der Waals surface area contributed by atoms with Crippen LogP contribution in [-0.4, -0.2) is 25.3 Å². The number of guanidine groups is 1. The van der Waals surface area contributed by atoms with E-state index in [1.807, 2.05) is 60.1 Å². The number of nitrogens with zero attached hydrogens (tertiary/aromatic N) is 5. The number of para-hydroxylation sites is 2. The van der Waals surface area contributed by atoms with Crippen molar-refractivity contribution in [3.63, 3.8) is 0 Å². The first kappa shape index (κ1) is 17.8. The maximum absolute atomic E-state index is 6.36. The summed E-state index contributed by atoms with van der Waals surface area (Å²) in [5.74, 6) is 1.02. The molecule has 0 spiro atoms. The lowest BCUT2D eigenvalue weighted by atomic mass is 10.1. The van der Waals surface area contributed by atoms with Gasteiger partial charge >= 0.3 is 0 Å². The third-order valence-corrected chi connectivity index (χ3v) is 5.68. The maximum Gasteiger partial charge on any atom is 0.212 e. The van der Waals surface area contributed by atoms with E-state index in [4.69, 9.17) is 27.4 Å². The van der Waals surface area contributed by atoms with Crippen LogP contribution >= 0.6 is 11.6 Å². The number of hydrogen-bond donors (Lipinski definition) is 2. The fraction of sp³-hybridized carbons (Fsp3) is 0.190. The molecule has 0 saturated heterocycles. The van der Waals surface area contributed by atoms with Crippen LogP contribution < -0.4 is 11.1 Å². The molecule has 0 amide bonds. The SMILES string of the molecule is Cc1nn(Cc2ccccc2Cl)c(C)c1C1N=C(N)Nc2nc3ccccc3n21. The fourth-order valence-electron chi connectivity index (χ4n) is 3.94. The van der Waals surface area contributed by atoms with Gasteiger partial charge in [0.2, 0.25) is 5.95 Å². The smallest absolute Gasteiger partial charge is 0.212 e. The van der Waals surface area contributed by atoms with Crippen LogP contribution in [0.25, 0.3) is 11.0 Å². The van der Waals surface area contributed by atoms with Crippen molar-refractivity contribution in [1.82, 2.24) is 19.3 Å². The first-order chi connectivity index (χ1) is 14.0. The summed E-state index contributed by atoms with van der Waals surface area (Å²) in [4.78, 5) is 9.37. The van der Waals surface area contributed by atoms with Crippen molar-refractivity contribution in [2.75, 3.05) is 5.32 Å². The van der Waals surface area contributed by atoms with Crippen molar-refractivity contribution in [1.29, 1.82) is 0 Å². The zero-order valence-corrected chi connectivity index (χ0v) is 16.9. The Bertz CT molecular complexity index is 1270. The summed E-state index contributed by atoms with van der Waals surface area (Å²) in [5.41, 5.74) is 11.9. The number of rotatable bonds is 3. The monoisotopic (exact) mass is 405 g/mol. The van der Waals surface area contributed by atoms with Crippen LogP contribution in [0.1, 0.15) is 28.7 Å². The van der Waals surface area contributed by atoms with E-state index in [-0.39, 0.29) is 6.17 Å². The summed E-state index contributed by atoms with van der Waals surface area (Å²) >= 11 is 6.36. The Hall–Kier alpha value is -3.32. The van der Waals surface area contributed by atoms with Gasteiger partial charge in [0.1, 0.15) is 0 Å². The Morgan fingerprint density at radius 1 is 1.10 bits per heavy atom. The molecule has 4 aromatic rings. The number of imidazole rings is 1. The van der Waals surface area contributed by atoms with Crippen LogP contribution in [0.5, 0.6) is 0 Å². The summed E-state index contributed by atoms with van der Waals surface area (Å²) in [6.07, 6.45) is -0.335. The lowest BCUT2D eigenvalue weighted by Crippen LogP contribution is -2.31. The van der Waals surface area contributed by atoms with Crippen LogP contribution in [0.2, 0.25) is 5.02 Å². The zero-order valence-electron chi connectivity index (χ0n) is 16.1. The van der Waals surface area contributed by atoms with E-state index in [0.717, 1.165) is 38.6 Å². The molecule has 0 radical (unpaired) electrons. The molecule has 2 aromatic carbocycles. The van der Waals surface area contributed by atoms with Gasteiger partial charge in [0.15, 0.2) is 12.1 Å².